The second kappa shape index (κ2) is 10.2. The van der Waals surface area contributed by atoms with Crippen LogP contribution in [0.2, 0.25) is 0 Å². The fraction of sp³-hybridized carbons (Fsp3) is 0.379. The van der Waals surface area contributed by atoms with Crippen LogP contribution in [0.4, 0.5) is 5.69 Å². The van der Waals surface area contributed by atoms with Gasteiger partial charge in [0, 0.05) is 42.2 Å². The number of nitrogens with one attached hydrogen (secondary N) is 1. The quantitative estimate of drug-likeness (QED) is 0.365. The molecule has 2 fully saturated rings. The van der Waals surface area contributed by atoms with Crippen LogP contribution in [0, 0.1) is 0 Å². The molecular weight excluding hydrogens is 468 g/mol. The van der Waals surface area contributed by atoms with E-state index in [1.54, 1.807) is 11.3 Å². The number of ketones is 1. The normalized spacial score (nSPS) is 19.7. The van der Waals surface area contributed by atoms with E-state index < -0.39 is 0 Å². The lowest BCUT2D eigenvalue weighted by Gasteiger charge is -2.30. The Morgan fingerprint density at radius 2 is 1.97 bits per heavy atom. The highest BCUT2D eigenvalue weighted by Crippen LogP contribution is 2.33. The molecule has 4 heterocycles. The van der Waals surface area contributed by atoms with Crippen molar-refractivity contribution in [2.75, 3.05) is 37.7 Å². The number of hydrogen-bond donors (Lipinski definition) is 1. The first-order chi connectivity index (χ1) is 17.7. The third-order valence-electron chi connectivity index (χ3n) is 7.62. The molecule has 2 aliphatic rings. The number of thiophene rings is 1. The van der Waals surface area contributed by atoms with Gasteiger partial charge in [-0.15, -0.1) is 0 Å². The van der Waals surface area contributed by atoms with Crippen molar-refractivity contribution in [1.82, 2.24) is 15.1 Å². The topological polar surface area (TPSA) is 61.5 Å². The van der Waals surface area contributed by atoms with E-state index >= 15 is 0 Å². The summed E-state index contributed by atoms with van der Waals surface area (Å²) < 4.78 is 5.48. The standard InChI is InChI=1S/C29H32N4O2S/c1-20-3-2-11-33(20)29(23-10-16-36-19-23)27(34)18-21-4-9-26-25(17-21)28(31-30-26)22-5-7-24(8-6-22)32-12-14-35-15-13-32/h4-10,16-17,19-20,29H,2-3,11-15,18H2,1H3,(H,30,31)/t20-,29-/m0/s1. The van der Waals surface area contributed by atoms with Crippen LogP contribution in [0.5, 0.6) is 0 Å². The van der Waals surface area contributed by atoms with Gasteiger partial charge in [-0.3, -0.25) is 14.8 Å². The summed E-state index contributed by atoms with van der Waals surface area (Å²) in [7, 11) is 0. The summed E-state index contributed by atoms with van der Waals surface area (Å²) in [6.45, 7) is 6.62. The molecular formula is C29H32N4O2S. The first-order valence-electron chi connectivity index (χ1n) is 12.9. The number of rotatable bonds is 7. The summed E-state index contributed by atoms with van der Waals surface area (Å²) in [6.07, 6.45) is 2.73. The van der Waals surface area contributed by atoms with Gasteiger partial charge in [0.05, 0.1) is 30.5 Å². The number of aromatic nitrogens is 2. The molecule has 0 spiro atoms. The van der Waals surface area contributed by atoms with Crippen molar-refractivity contribution in [3.8, 4) is 11.3 Å². The Hall–Kier alpha value is -3.00. The average Bonchev–Trinajstić information content (AvgIpc) is 3.67. The van der Waals surface area contributed by atoms with Crippen LogP contribution in [-0.2, 0) is 16.0 Å². The van der Waals surface area contributed by atoms with Gasteiger partial charge in [0.2, 0.25) is 0 Å². The molecule has 0 bridgehead atoms. The Kier molecular flexibility index (Phi) is 6.61. The predicted octanol–water partition coefficient (Wildman–Crippen LogP) is 5.47. The molecule has 7 heteroatoms. The van der Waals surface area contributed by atoms with E-state index in [4.69, 9.17) is 4.74 Å². The molecule has 2 aromatic heterocycles. The van der Waals surface area contributed by atoms with E-state index in [1.165, 1.54) is 5.69 Å². The molecule has 0 amide bonds. The number of carbonyl (C=O) groups is 1. The Labute approximate surface area is 215 Å². The Balaban J connectivity index is 1.25. The number of H-pyrrole nitrogens is 1. The maximum absolute atomic E-state index is 13.7. The largest absolute Gasteiger partial charge is 0.378 e. The first-order valence-corrected chi connectivity index (χ1v) is 13.8. The summed E-state index contributed by atoms with van der Waals surface area (Å²) in [4.78, 5) is 18.4. The molecule has 4 aromatic rings. The van der Waals surface area contributed by atoms with E-state index in [1.807, 2.05) is 0 Å². The summed E-state index contributed by atoms with van der Waals surface area (Å²) in [5.41, 5.74) is 6.36. The number of benzene rings is 2. The molecule has 0 radical (unpaired) electrons. The highest BCUT2D eigenvalue weighted by Gasteiger charge is 2.33. The molecule has 36 heavy (non-hydrogen) atoms. The van der Waals surface area contributed by atoms with Gasteiger partial charge in [-0.1, -0.05) is 18.2 Å². The van der Waals surface area contributed by atoms with Crippen molar-refractivity contribution in [2.24, 2.45) is 0 Å². The van der Waals surface area contributed by atoms with Crippen molar-refractivity contribution in [3.63, 3.8) is 0 Å². The maximum atomic E-state index is 13.7. The molecule has 0 saturated carbocycles. The van der Waals surface area contributed by atoms with Crippen LogP contribution < -0.4 is 4.90 Å². The zero-order chi connectivity index (χ0) is 24.5. The third kappa shape index (κ3) is 4.59. The number of fused-ring (bicyclic) bond motifs is 1. The number of carbonyl (C=O) groups excluding carboxylic acids is 1. The minimum atomic E-state index is -0.166. The van der Waals surface area contributed by atoms with Gasteiger partial charge in [0.15, 0.2) is 5.78 Å². The van der Waals surface area contributed by atoms with E-state index in [9.17, 15) is 4.79 Å². The van der Waals surface area contributed by atoms with E-state index in [2.05, 4.69) is 86.2 Å². The van der Waals surface area contributed by atoms with Crippen molar-refractivity contribution >= 4 is 33.7 Å². The zero-order valence-electron chi connectivity index (χ0n) is 20.7. The number of anilines is 1. The molecule has 0 unspecified atom stereocenters. The fourth-order valence-corrected chi connectivity index (χ4v) is 6.35. The average molecular weight is 501 g/mol. The fourth-order valence-electron chi connectivity index (χ4n) is 5.67. The zero-order valence-corrected chi connectivity index (χ0v) is 21.5. The number of morpholine rings is 1. The highest BCUT2D eigenvalue weighted by atomic mass is 32.1. The molecule has 2 aromatic carbocycles. The van der Waals surface area contributed by atoms with Gasteiger partial charge in [-0.05, 0) is 78.5 Å². The van der Waals surface area contributed by atoms with Crippen molar-refractivity contribution in [3.05, 3.63) is 70.4 Å². The molecule has 186 valence electrons. The molecule has 1 N–H and O–H groups in total. The van der Waals surface area contributed by atoms with Gasteiger partial charge < -0.3 is 9.64 Å². The van der Waals surface area contributed by atoms with Gasteiger partial charge in [-0.2, -0.15) is 16.4 Å². The van der Waals surface area contributed by atoms with Gasteiger partial charge in [0.1, 0.15) is 0 Å². The lowest BCUT2D eigenvalue weighted by atomic mass is 9.96. The van der Waals surface area contributed by atoms with Gasteiger partial charge in [0.25, 0.3) is 0 Å². The molecule has 6 nitrogen and oxygen atoms in total. The maximum Gasteiger partial charge on any atom is 0.158 e. The van der Waals surface area contributed by atoms with Crippen LogP contribution in [0.3, 0.4) is 0 Å². The lowest BCUT2D eigenvalue weighted by Crippen LogP contribution is -2.37. The Bertz CT molecular complexity index is 1330. The molecule has 2 saturated heterocycles. The third-order valence-corrected chi connectivity index (χ3v) is 8.32. The van der Waals surface area contributed by atoms with Crippen LogP contribution in [-0.4, -0.2) is 59.8 Å². The lowest BCUT2D eigenvalue weighted by molar-refractivity contribution is -0.124. The van der Waals surface area contributed by atoms with Crippen molar-refractivity contribution in [1.29, 1.82) is 0 Å². The summed E-state index contributed by atoms with van der Waals surface area (Å²) in [5.74, 6) is 0.265. The number of aromatic amines is 1. The Morgan fingerprint density at radius 1 is 1.14 bits per heavy atom. The summed E-state index contributed by atoms with van der Waals surface area (Å²) in [5, 5.41) is 13.1. The summed E-state index contributed by atoms with van der Waals surface area (Å²) in [6, 6.07) is 17.2. The smallest absolute Gasteiger partial charge is 0.158 e. The van der Waals surface area contributed by atoms with Gasteiger partial charge >= 0.3 is 0 Å². The van der Waals surface area contributed by atoms with E-state index in [0.717, 1.165) is 79.0 Å². The SMILES string of the molecule is C[C@H]1CCCN1[C@H](C(=O)Cc1ccc2[nH]nc(-c3ccc(N4CCOCC4)cc3)c2c1)c1ccsc1. The van der Waals surface area contributed by atoms with Crippen LogP contribution in [0.1, 0.15) is 36.9 Å². The minimum absolute atomic E-state index is 0.166. The number of hydrogen-bond acceptors (Lipinski definition) is 6. The van der Waals surface area contributed by atoms with Crippen molar-refractivity contribution in [2.45, 2.75) is 38.3 Å². The van der Waals surface area contributed by atoms with Crippen LogP contribution >= 0.6 is 11.3 Å². The van der Waals surface area contributed by atoms with E-state index in [0.29, 0.717) is 12.5 Å². The number of nitrogens with zero attached hydrogens (tertiary/aromatic N) is 3. The molecule has 6 rings (SSSR count). The molecule has 2 aliphatic heterocycles. The predicted molar refractivity (Wildman–Crippen MR) is 146 cm³/mol. The monoisotopic (exact) mass is 500 g/mol. The second-order valence-corrected chi connectivity index (χ2v) is 10.7. The van der Waals surface area contributed by atoms with Gasteiger partial charge in [-0.25, -0.2) is 0 Å². The van der Waals surface area contributed by atoms with Crippen LogP contribution in [0.15, 0.2) is 59.3 Å². The molecule has 2 atom stereocenters. The number of ether oxygens (including phenoxy) is 1. The minimum Gasteiger partial charge on any atom is -0.378 e. The highest BCUT2D eigenvalue weighted by molar-refractivity contribution is 7.08. The molecule has 0 aliphatic carbocycles. The van der Waals surface area contributed by atoms with Crippen LogP contribution in [0.25, 0.3) is 22.2 Å². The van der Waals surface area contributed by atoms with E-state index in [-0.39, 0.29) is 11.8 Å². The summed E-state index contributed by atoms with van der Waals surface area (Å²) >= 11 is 1.66. The first kappa shape index (κ1) is 23.4. The van der Waals surface area contributed by atoms with Crippen molar-refractivity contribution < 1.29 is 9.53 Å². The number of Topliss-reactive ketones (excluding diaryl/α,β-unsaturated/α-hetero) is 1. The second-order valence-electron chi connectivity index (χ2n) is 9.93. The Morgan fingerprint density at radius 3 is 2.69 bits per heavy atom. The number of likely N-dealkylation sites (tertiary alicyclic amines) is 1.